The Bertz CT molecular complexity index is 941. The summed E-state index contributed by atoms with van der Waals surface area (Å²) in [6.07, 6.45) is 3.51. The van der Waals surface area contributed by atoms with Gasteiger partial charge >= 0.3 is 0 Å². The largest absolute Gasteiger partial charge is 0.398 e. The van der Waals surface area contributed by atoms with Gasteiger partial charge in [-0.25, -0.2) is 9.97 Å². The highest BCUT2D eigenvalue weighted by molar-refractivity contribution is 6.03. The number of aromatic nitrogens is 3. The lowest BCUT2D eigenvalue weighted by atomic mass is 9.98. The van der Waals surface area contributed by atoms with Gasteiger partial charge < -0.3 is 10.7 Å². The molecule has 0 fully saturated rings. The quantitative estimate of drug-likeness (QED) is 0.494. The summed E-state index contributed by atoms with van der Waals surface area (Å²) in [4.78, 5) is 12.3. The second-order valence-corrected chi connectivity index (χ2v) is 5.07. The molecule has 130 valence electrons. The Labute approximate surface area is 164 Å². The van der Waals surface area contributed by atoms with Gasteiger partial charge in [0.05, 0.1) is 11.2 Å². The van der Waals surface area contributed by atoms with Gasteiger partial charge in [0, 0.05) is 23.3 Å². The molecular weight excluding hydrogens is 379 g/mol. The third-order valence-electron chi connectivity index (χ3n) is 3.72. The van der Waals surface area contributed by atoms with Gasteiger partial charge in [-0.15, -0.1) is 37.2 Å². The second-order valence-electron chi connectivity index (χ2n) is 5.07. The summed E-state index contributed by atoms with van der Waals surface area (Å²) in [5.41, 5.74) is 10.8. The first-order valence-corrected chi connectivity index (χ1v) is 7.08. The first-order valence-electron chi connectivity index (χ1n) is 7.08. The fourth-order valence-electron chi connectivity index (χ4n) is 2.70. The van der Waals surface area contributed by atoms with Gasteiger partial charge in [-0.2, -0.15) is 0 Å². The molecule has 0 amide bonds. The third kappa shape index (κ3) is 3.71. The van der Waals surface area contributed by atoms with Crippen LogP contribution in [0.2, 0.25) is 0 Å². The number of nitrogen functional groups attached to an aromatic ring is 1. The molecule has 2 aromatic heterocycles. The number of rotatable bonds is 2. The van der Waals surface area contributed by atoms with Crippen LogP contribution in [0.3, 0.4) is 0 Å². The number of fused-ring (bicyclic) bond motifs is 1. The van der Waals surface area contributed by atoms with Crippen molar-refractivity contribution in [3.05, 3.63) is 67.0 Å². The Hall–Kier alpha value is -2.27. The van der Waals surface area contributed by atoms with E-state index in [1.807, 2.05) is 54.6 Å². The van der Waals surface area contributed by atoms with Crippen molar-refractivity contribution >= 4 is 53.8 Å². The fraction of sp³-hybridized carbons (Fsp3) is 0. The molecular formula is C18H17Cl3N4. The average molecular weight is 396 g/mol. The standard InChI is InChI=1S/C18H14N4.3ClH/c19-16-13-8-4-5-9-14(13)22-17(18-20-10-11-21-18)15(16)12-6-2-1-3-7-12;;;/h1-11H,(H2,19,22)(H,20,21);3*1H. The van der Waals surface area contributed by atoms with Gasteiger partial charge in [0.15, 0.2) is 5.82 Å². The molecule has 0 aliphatic rings. The van der Waals surface area contributed by atoms with Gasteiger partial charge in [-0.1, -0.05) is 48.5 Å². The smallest absolute Gasteiger partial charge is 0.156 e. The fourth-order valence-corrected chi connectivity index (χ4v) is 2.70. The summed E-state index contributed by atoms with van der Waals surface area (Å²) >= 11 is 0. The molecule has 0 radical (unpaired) electrons. The van der Waals surface area contributed by atoms with E-state index >= 15 is 0 Å². The molecule has 7 heteroatoms. The van der Waals surface area contributed by atoms with Crippen molar-refractivity contribution in [3.63, 3.8) is 0 Å². The van der Waals surface area contributed by atoms with Crippen LogP contribution in [0.5, 0.6) is 0 Å². The monoisotopic (exact) mass is 394 g/mol. The van der Waals surface area contributed by atoms with Crippen molar-refractivity contribution in [3.8, 4) is 22.6 Å². The molecule has 2 aromatic carbocycles. The van der Waals surface area contributed by atoms with Crippen LogP contribution in [-0.2, 0) is 0 Å². The van der Waals surface area contributed by atoms with Gasteiger partial charge in [0.25, 0.3) is 0 Å². The minimum atomic E-state index is 0. The minimum Gasteiger partial charge on any atom is -0.398 e. The summed E-state index contributed by atoms with van der Waals surface area (Å²) < 4.78 is 0. The number of hydrogen-bond acceptors (Lipinski definition) is 3. The van der Waals surface area contributed by atoms with Crippen molar-refractivity contribution in [2.45, 2.75) is 0 Å². The van der Waals surface area contributed by atoms with Crippen molar-refractivity contribution in [2.24, 2.45) is 0 Å². The van der Waals surface area contributed by atoms with Crippen LogP contribution in [0.25, 0.3) is 33.5 Å². The number of aromatic amines is 1. The normalized spacial score (nSPS) is 9.60. The number of halogens is 3. The maximum Gasteiger partial charge on any atom is 0.156 e. The molecule has 4 rings (SSSR count). The lowest BCUT2D eigenvalue weighted by molar-refractivity contribution is 1.25. The maximum atomic E-state index is 6.48. The highest BCUT2D eigenvalue weighted by atomic mass is 35.5. The van der Waals surface area contributed by atoms with Gasteiger partial charge in [-0.3, -0.25) is 0 Å². The van der Waals surface area contributed by atoms with Crippen molar-refractivity contribution < 1.29 is 0 Å². The number of para-hydroxylation sites is 1. The summed E-state index contributed by atoms with van der Waals surface area (Å²) in [7, 11) is 0. The minimum absolute atomic E-state index is 0. The van der Waals surface area contributed by atoms with E-state index in [2.05, 4.69) is 9.97 Å². The number of nitrogens with one attached hydrogen (secondary N) is 1. The Morgan fingerprint density at radius 3 is 2.20 bits per heavy atom. The predicted molar refractivity (Wildman–Crippen MR) is 111 cm³/mol. The lowest BCUT2D eigenvalue weighted by Crippen LogP contribution is -1.99. The number of anilines is 1. The summed E-state index contributed by atoms with van der Waals surface area (Å²) in [5.74, 6) is 0.719. The SMILES string of the molecule is Cl.Cl.Cl.Nc1c(-c2ccccc2)c(-c2ncc[nH]2)nc2ccccc12. The molecule has 4 nitrogen and oxygen atoms in total. The molecule has 25 heavy (non-hydrogen) atoms. The number of H-pyrrole nitrogens is 1. The number of benzene rings is 2. The number of pyridine rings is 1. The Morgan fingerprint density at radius 1 is 0.840 bits per heavy atom. The van der Waals surface area contributed by atoms with Crippen LogP contribution in [0.4, 0.5) is 5.69 Å². The van der Waals surface area contributed by atoms with Crippen LogP contribution in [-0.4, -0.2) is 15.0 Å². The molecule has 0 aliphatic carbocycles. The van der Waals surface area contributed by atoms with Crippen LogP contribution >= 0.6 is 37.2 Å². The second kappa shape index (κ2) is 8.72. The molecule has 0 saturated carbocycles. The van der Waals surface area contributed by atoms with Crippen LogP contribution in [0.1, 0.15) is 0 Å². The van der Waals surface area contributed by atoms with Crippen molar-refractivity contribution in [2.75, 3.05) is 5.73 Å². The topological polar surface area (TPSA) is 67.6 Å². The van der Waals surface area contributed by atoms with Gasteiger partial charge in [-0.05, 0) is 11.6 Å². The van der Waals surface area contributed by atoms with E-state index in [1.165, 1.54) is 0 Å². The summed E-state index contributed by atoms with van der Waals surface area (Å²) in [5, 5.41) is 0.955. The predicted octanol–water partition coefficient (Wildman–Crippen LogP) is 5.14. The molecule has 0 aliphatic heterocycles. The highest BCUT2D eigenvalue weighted by Gasteiger charge is 2.17. The van der Waals surface area contributed by atoms with Crippen molar-refractivity contribution in [1.29, 1.82) is 0 Å². The van der Waals surface area contributed by atoms with Crippen LogP contribution in [0.15, 0.2) is 67.0 Å². The number of nitrogens with zero attached hydrogens (tertiary/aromatic N) is 2. The summed E-state index contributed by atoms with van der Waals surface area (Å²) in [6, 6.07) is 17.9. The third-order valence-corrected chi connectivity index (χ3v) is 3.72. The zero-order valence-electron chi connectivity index (χ0n) is 13.0. The zero-order valence-corrected chi connectivity index (χ0v) is 15.5. The Morgan fingerprint density at radius 2 is 1.52 bits per heavy atom. The van der Waals surface area contributed by atoms with Crippen molar-refractivity contribution in [1.82, 2.24) is 15.0 Å². The molecule has 2 heterocycles. The van der Waals surface area contributed by atoms with E-state index in [4.69, 9.17) is 10.7 Å². The molecule has 0 spiro atoms. The van der Waals surface area contributed by atoms with E-state index in [9.17, 15) is 0 Å². The molecule has 0 unspecified atom stereocenters. The first kappa shape index (κ1) is 20.8. The Kier molecular flexibility index (Phi) is 7.24. The first-order chi connectivity index (χ1) is 10.8. The average Bonchev–Trinajstić information content (AvgIpc) is 3.10. The highest BCUT2D eigenvalue weighted by Crippen LogP contribution is 2.37. The Balaban J connectivity index is 0.00000104. The van der Waals surface area contributed by atoms with Crippen LogP contribution < -0.4 is 5.73 Å². The molecule has 0 bridgehead atoms. The van der Waals surface area contributed by atoms with E-state index in [0.29, 0.717) is 0 Å². The zero-order chi connectivity index (χ0) is 14.9. The number of nitrogens with two attached hydrogens (primary N) is 1. The van der Waals surface area contributed by atoms with Gasteiger partial charge in [0.2, 0.25) is 0 Å². The summed E-state index contributed by atoms with van der Waals surface area (Å²) in [6.45, 7) is 0. The van der Waals surface area contributed by atoms with E-state index < -0.39 is 0 Å². The van der Waals surface area contributed by atoms with E-state index in [0.717, 1.165) is 39.2 Å². The molecule has 4 aromatic rings. The van der Waals surface area contributed by atoms with Crippen LogP contribution in [0, 0.1) is 0 Å². The van der Waals surface area contributed by atoms with E-state index in [-0.39, 0.29) is 37.2 Å². The lowest BCUT2D eigenvalue weighted by Gasteiger charge is -2.13. The maximum absolute atomic E-state index is 6.48. The molecule has 0 atom stereocenters. The molecule has 0 saturated heterocycles. The van der Waals surface area contributed by atoms with Gasteiger partial charge in [0.1, 0.15) is 5.69 Å². The van der Waals surface area contributed by atoms with E-state index in [1.54, 1.807) is 12.4 Å². The number of imidazole rings is 1. The molecule has 3 N–H and O–H groups in total. The number of hydrogen-bond donors (Lipinski definition) is 2.